The molecule has 1 N–H and O–H groups in total. The predicted molar refractivity (Wildman–Crippen MR) is 76.5 cm³/mol. The number of anilines is 1. The first kappa shape index (κ1) is 14.1. The highest BCUT2D eigenvalue weighted by Gasteiger charge is 2.05. The second-order valence-corrected chi connectivity index (χ2v) is 5.00. The highest BCUT2D eigenvalue weighted by atomic mass is 35.5. The number of halogens is 2. The Morgan fingerprint density at radius 1 is 1.26 bits per heavy atom. The van der Waals surface area contributed by atoms with E-state index in [0.29, 0.717) is 22.5 Å². The molecule has 0 radical (unpaired) electrons. The topological polar surface area (TPSA) is 55.6 Å². The quantitative estimate of drug-likeness (QED) is 0.888. The number of hydrogen-bond acceptors (Lipinski definition) is 4. The SMILES string of the molecule is CCCCn1nnnc1NCc1ccc(Cl)c(Cl)c1. The van der Waals surface area contributed by atoms with Gasteiger partial charge < -0.3 is 5.32 Å². The monoisotopic (exact) mass is 299 g/mol. The number of aryl methyl sites for hydroxylation is 1. The Kier molecular flexibility index (Phi) is 4.99. The van der Waals surface area contributed by atoms with Crippen LogP contribution < -0.4 is 5.32 Å². The molecule has 0 aliphatic heterocycles. The summed E-state index contributed by atoms with van der Waals surface area (Å²) >= 11 is 11.8. The van der Waals surface area contributed by atoms with Gasteiger partial charge in [0.05, 0.1) is 10.0 Å². The van der Waals surface area contributed by atoms with Gasteiger partial charge in [-0.3, -0.25) is 0 Å². The van der Waals surface area contributed by atoms with Crippen molar-refractivity contribution in [3.05, 3.63) is 33.8 Å². The van der Waals surface area contributed by atoms with Gasteiger partial charge in [0.2, 0.25) is 5.95 Å². The van der Waals surface area contributed by atoms with Crippen LogP contribution in [0, 0.1) is 0 Å². The molecular weight excluding hydrogens is 285 g/mol. The van der Waals surface area contributed by atoms with Gasteiger partial charge in [-0.1, -0.05) is 47.7 Å². The van der Waals surface area contributed by atoms with Crippen molar-refractivity contribution in [3.63, 3.8) is 0 Å². The molecule has 2 rings (SSSR count). The van der Waals surface area contributed by atoms with Crippen molar-refractivity contribution in [2.24, 2.45) is 0 Å². The normalized spacial score (nSPS) is 10.7. The molecule has 102 valence electrons. The molecule has 1 heterocycles. The van der Waals surface area contributed by atoms with Gasteiger partial charge in [-0.2, -0.15) is 0 Å². The van der Waals surface area contributed by atoms with Gasteiger partial charge in [0.25, 0.3) is 0 Å². The number of nitrogens with zero attached hydrogens (tertiary/aromatic N) is 4. The largest absolute Gasteiger partial charge is 0.349 e. The smallest absolute Gasteiger partial charge is 0.243 e. The Bertz CT molecular complexity index is 541. The van der Waals surface area contributed by atoms with Crippen molar-refractivity contribution >= 4 is 29.2 Å². The molecule has 5 nitrogen and oxygen atoms in total. The van der Waals surface area contributed by atoms with Crippen LogP contribution in [0.2, 0.25) is 10.0 Å². The molecule has 1 aromatic heterocycles. The van der Waals surface area contributed by atoms with Crippen molar-refractivity contribution < 1.29 is 0 Å². The third-order valence-electron chi connectivity index (χ3n) is 2.69. The van der Waals surface area contributed by atoms with Crippen molar-refractivity contribution in [3.8, 4) is 0 Å². The third-order valence-corrected chi connectivity index (χ3v) is 3.43. The third kappa shape index (κ3) is 3.81. The summed E-state index contributed by atoms with van der Waals surface area (Å²) in [7, 11) is 0. The standard InChI is InChI=1S/C12H15Cl2N5/c1-2-3-6-19-12(16-17-18-19)15-8-9-4-5-10(13)11(14)7-9/h4-5,7H,2-3,6,8H2,1H3,(H,15,16,18). The lowest BCUT2D eigenvalue weighted by molar-refractivity contribution is 0.556. The van der Waals surface area contributed by atoms with Gasteiger partial charge in [0.15, 0.2) is 0 Å². The van der Waals surface area contributed by atoms with Gasteiger partial charge in [0, 0.05) is 13.1 Å². The van der Waals surface area contributed by atoms with Crippen LogP contribution in [-0.4, -0.2) is 20.2 Å². The molecule has 0 aliphatic carbocycles. The highest BCUT2D eigenvalue weighted by Crippen LogP contribution is 2.22. The molecule has 0 atom stereocenters. The van der Waals surface area contributed by atoms with Crippen LogP contribution in [-0.2, 0) is 13.1 Å². The minimum atomic E-state index is 0.548. The van der Waals surface area contributed by atoms with Crippen LogP contribution in [0.25, 0.3) is 0 Å². The Balaban J connectivity index is 1.98. The molecule has 0 amide bonds. The summed E-state index contributed by atoms with van der Waals surface area (Å²) in [5, 5.41) is 15.9. The van der Waals surface area contributed by atoms with Crippen molar-refractivity contribution in [2.75, 3.05) is 5.32 Å². The van der Waals surface area contributed by atoms with Crippen LogP contribution in [0.1, 0.15) is 25.3 Å². The number of hydrogen-bond donors (Lipinski definition) is 1. The number of rotatable bonds is 6. The number of tetrazole rings is 1. The van der Waals surface area contributed by atoms with Gasteiger partial charge in [0.1, 0.15) is 0 Å². The second-order valence-electron chi connectivity index (χ2n) is 4.18. The molecular formula is C12H15Cl2N5. The fourth-order valence-electron chi connectivity index (χ4n) is 1.62. The lowest BCUT2D eigenvalue weighted by Crippen LogP contribution is -2.09. The van der Waals surface area contributed by atoms with Crippen LogP contribution in [0.5, 0.6) is 0 Å². The maximum atomic E-state index is 5.97. The molecule has 0 saturated carbocycles. The zero-order valence-corrected chi connectivity index (χ0v) is 12.1. The minimum Gasteiger partial charge on any atom is -0.349 e. The number of benzene rings is 1. The van der Waals surface area contributed by atoms with Crippen LogP contribution in [0.15, 0.2) is 18.2 Å². The van der Waals surface area contributed by atoms with Crippen LogP contribution in [0.4, 0.5) is 5.95 Å². The zero-order chi connectivity index (χ0) is 13.7. The molecule has 2 aromatic rings. The average molecular weight is 300 g/mol. The average Bonchev–Trinajstić information content (AvgIpc) is 2.85. The molecule has 0 unspecified atom stereocenters. The fourth-order valence-corrected chi connectivity index (χ4v) is 1.94. The molecule has 0 spiro atoms. The van der Waals surface area contributed by atoms with Crippen LogP contribution in [0.3, 0.4) is 0 Å². The molecule has 0 bridgehead atoms. The summed E-state index contributed by atoms with van der Waals surface area (Å²) in [5.41, 5.74) is 1.03. The second kappa shape index (κ2) is 6.73. The molecule has 0 fully saturated rings. The van der Waals surface area contributed by atoms with Gasteiger partial charge in [-0.25, -0.2) is 4.68 Å². The minimum absolute atomic E-state index is 0.548. The lowest BCUT2D eigenvalue weighted by atomic mass is 10.2. The predicted octanol–water partition coefficient (Wildman–Crippen LogP) is 3.39. The van der Waals surface area contributed by atoms with Gasteiger partial charge in [-0.15, -0.1) is 0 Å². The molecule has 7 heteroatoms. The Morgan fingerprint density at radius 2 is 2.11 bits per heavy atom. The van der Waals surface area contributed by atoms with Gasteiger partial charge >= 0.3 is 0 Å². The lowest BCUT2D eigenvalue weighted by Gasteiger charge is -2.07. The van der Waals surface area contributed by atoms with E-state index in [2.05, 4.69) is 27.8 Å². The summed E-state index contributed by atoms with van der Waals surface area (Å²) < 4.78 is 1.76. The van der Waals surface area contributed by atoms with E-state index in [4.69, 9.17) is 23.2 Å². The van der Waals surface area contributed by atoms with E-state index in [-0.39, 0.29) is 0 Å². The first-order valence-corrected chi connectivity index (χ1v) is 6.90. The maximum Gasteiger partial charge on any atom is 0.243 e. The molecule has 19 heavy (non-hydrogen) atoms. The van der Waals surface area contributed by atoms with E-state index in [9.17, 15) is 0 Å². The summed E-state index contributed by atoms with van der Waals surface area (Å²) in [4.78, 5) is 0. The number of aromatic nitrogens is 4. The Hall–Kier alpha value is -1.33. The summed E-state index contributed by atoms with van der Waals surface area (Å²) in [5.74, 6) is 0.666. The molecule has 0 saturated heterocycles. The first-order chi connectivity index (χ1) is 9.20. The number of nitrogens with one attached hydrogen (secondary N) is 1. The van der Waals surface area contributed by atoms with E-state index in [1.54, 1.807) is 10.7 Å². The van der Waals surface area contributed by atoms with Crippen molar-refractivity contribution in [1.29, 1.82) is 0 Å². The molecule has 0 aliphatic rings. The van der Waals surface area contributed by atoms with E-state index in [1.807, 2.05) is 12.1 Å². The summed E-state index contributed by atoms with van der Waals surface area (Å²) in [6.45, 7) is 3.55. The first-order valence-electron chi connectivity index (χ1n) is 6.14. The maximum absolute atomic E-state index is 5.97. The van der Waals surface area contributed by atoms with Gasteiger partial charge in [-0.05, 0) is 34.5 Å². The fraction of sp³-hybridized carbons (Fsp3) is 0.417. The summed E-state index contributed by atoms with van der Waals surface area (Å²) in [6.07, 6.45) is 2.15. The number of unbranched alkanes of at least 4 members (excludes halogenated alkanes) is 1. The Morgan fingerprint density at radius 3 is 2.84 bits per heavy atom. The summed E-state index contributed by atoms with van der Waals surface area (Å²) in [6, 6.07) is 5.53. The van der Waals surface area contributed by atoms with Crippen molar-refractivity contribution in [2.45, 2.75) is 32.9 Å². The Labute approximate surface area is 121 Å². The molecule has 1 aromatic carbocycles. The zero-order valence-electron chi connectivity index (χ0n) is 10.6. The van der Waals surface area contributed by atoms with E-state index in [0.717, 1.165) is 24.9 Å². The van der Waals surface area contributed by atoms with Crippen LogP contribution >= 0.6 is 23.2 Å². The van der Waals surface area contributed by atoms with E-state index >= 15 is 0 Å². The highest BCUT2D eigenvalue weighted by molar-refractivity contribution is 6.42. The van der Waals surface area contributed by atoms with Crippen molar-refractivity contribution in [1.82, 2.24) is 20.2 Å². The van der Waals surface area contributed by atoms with E-state index in [1.165, 1.54) is 0 Å². The van der Waals surface area contributed by atoms with E-state index < -0.39 is 0 Å².